The Morgan fingerprint density at radius 2 is 1.55 bits per heavy atom. The van der Waals surface area contributed by atoms with E-state index in [2.05, 4.69) is 0 Å². The fraction of sp³-hybridized carbons (Fsp3) is 0.148. The van der Waals surface area contributed by atoms with Crippen molar-refractivity contribution in [3.63, 3.8) is 0 Å². The van der Waals surface area contributed by atoms with Crippen LogP contribution in [0.5, 0.6) is 0 Å². The van der Waals surface area contributed by atoms with Gasteiger partial charge >= 0.3 is 0 Å². The van der Waals surface area contributed by atoms with Gasteiger partial charge in [-0.3, -0.25) is 4.79 Å². The number of hydrogen-bond acceptors (Lipinski definition) is 3. The van der Waals surface area contributed by atoms with Crippen LogP contribution in [0, 0.1) is 0 Å². The van der Waals surface area contributed by atoms with Crippen molar-refractivity contribution in [3.8, 4) is 11.1 Å². The molecule has 4 nitrogen and oxygen atoms in total. The van der Waals surface area contributed by atoms with Crippen LogP contribution in [0.25, 0.3) is 21.9 Å². The van der Waals surface area contributed by atoms with Crippen molar-refractivity contribution in [3.05, 3.63) is 107 Å². The molecule has 2 N–H and O–H groups in total. The van der Waals surface area contributed by atoms with Gasteiger partial charge in [0, 0.05) is 12.1 Å². The Morgan fingerprint density at radius 1 is 0.839 bits per heavy atom. The minimum absolute atomic E-state index is 0.0454. The fourth-order valence-corrected chi connectivity index (χ4v) is 4.55. The summed E-state index contributed by atoms with van der Waals surface area (Å²) < 4.78 is 0. The molecule has 1 heterocycles. The lowest BCUT2D eigenvalue weighted by Crippen LogP contribution is -2.38. The van der Waals surface area contributed by atoms with Crippen molar-refractivity contribution in [2.24, 2.45) is 0 Å². The number of carbonyl (C=O) groups is 1. The zero-order valence-electron chi connectivity index (χ0n) is 17.0. The third-order valence-corrected chi connectivity index (χ3v) is 6.09. The van der Waals surface area contributed by atoms with Crippen LogP contribution in [0.4, 0.5) is 0 Å². The summed E-state index contributed by atoms with van der Waals surface area (Å²) in [4.78, 5) is 15.2. The lowest BCUT2D eigenvalue weighted by Gasteiger charge is -2.32. The molecule has 4 heteroatoms. The maximum Gasteiger partial charge on any atom is 0.254 e. The fourth-order valence-electron chi connectivity index (χ4n) is 4.55. The molecular formula is C27H23NO3. The molecule has 0 radical (unpaired) electrons. The highest BCUT2D eigenvalue weighted by Gasteiger charge is 2.28. The van der Waals surface area contributed by atoms with Crippen molar-refractivity contribution in [1.82, 2.24) is 4.90 Å². The minimum Gasteiger partial charge on any atom is -0.392 e. The number of aliphatic hydroxyl groups is 2. The van der Waals surface area contributed by atoms with Crippen molar-refractivity contribution in [1.29, 1.82) is 0 Å². The van der Waals surface area contributed by atoms with Gasteiger partial charge in [-0.05, 0) is 44.7 Å². The molecule has 4 aromatic carbocycles. The maximum absolute atomic E-state index is 13.5. The molecule has 0 saturated heterocycles. The number of carbonyl (C=O) groups excluding carboxylic acids is 1. The van der Waals surface area contributed by atoms with Gasteiger partial charge in [0.25, 0.3) is 5.91 Å². The number of aliphatic hydroxyl groups excluding tert-OH is 2. The quantitative estimate of drug-likeness (QED) is 0.516. The molecule has 5 rings (SSSR count). The van der Waals surface area contributed by atoms with Crippen molar-refractivity contribution in [2.45, 2.75) is 19.3 Å². The first-order valence-electron chi connectivity index (χ1n) is 10.4. The summed E-state index contributed by atoms with van der Waals surface area (Å²) in [6.07, 6.45) is -0.684. The molecule has 4 aromatic rings. The van der Waals surface area contributed by atoms with Crippen LogP contribution in [-0.2, 0) is 13.2 Å². The zero-order chi connectivity index (χ0) is 21.4. The van der Waals surface area contributed by atoms with Gasteiger partial charge in [-0.25, -0.2) is 0 Å². The Kier molecular flexibility index (Phi) is 5.02. The normalized spacial score (nSPS) is 15.7. The first-order chi connectivity index (χ1) is 15.2. The lowest BCUT2D eigenvalue weighted by molar-refractivity contribution is 0.0552. The van der Waals surface area contributed by atoms with Crippen LogP contribution in [0.3, 0.4) is 0 Å². The summed E-state index contributed by atoms with van der Waals surface area (Å²) >= 11 is 0. The molecule has 154 valence electrons. The number of rotatable bonds is 3. The van der Waals surface area contributed by atoms with E-state index in [1.807, 2.05) is 84.9 Å². The predicted octanol–water partition coefficient (Wildman–Crippen LogP) is 4.69. The molecule has 0 aliphatic carbocycles. The Bertz CT molecular complexity index is 1280. The highest BCUT2D eigenvalue weighted by Crippen LogP contribution is 2.34. The number of β-amino-alcohol motifs (C(OH)–C–C–N with tert-alkyl or cyclic N) is 1. The van der Waals surface area contributed by atoms with Gasteiger partial charge in [0.1, 0.15) is 0 Å². The molecule has 1 amide bonds. The highest BCUT2D eigenvalue weighted by atomic mass is 16.3. The van der Waals surface area contributed by atoms with E-state index in [4.69, 9.17) is 0 Å². The third-order valence-electron chi connectivity index (χ3n) is 6.09. The molecule has 1 atom stereocenters. The summed E-state index contributed by atoms with van der Waals surface area (Å²) in [5.41, 5.74) is 5.29. The Morgan fingerprint density at radius 3 is 2.39 bits per heavy atom. The van der Waals surface area contributed by atoms with E-state index in [1.165, 1.54) is 0 Å². The van der Waals surface area contributed by atoms with Crippen molar-refractivity contribution in [2.75, 3.05) is 6.54 Å². The molecule has 0 bridgehead atoms. The summed E-state index contributed by atoms with van der Waals surface area (Å²) in [7, 11) is 0. The van der Waals surface area contributed by atoms with Gasteiger partial charge < -0.3 is 15.1 Å². The smallest absolute Gasteiger partial charge is 0.254 e. The van der Waals surface area contributed by atoms with Gasteiger partial charge in [0.2, 0.25) is 0 Å². The lowest BCUT2D eigenvalue weighted by atomic mass is 9.91. The van der Waals surface area contributed by atoms with Crippen LogP contribution in [0.1, 0.15) is 33.2 Å². The highest BCUT2D eigenvalue weighted by molar-refractivity contribution is 6.11. The van der Waals surface area contributed by atoms with E-state index < -0.39 is 6.10 Å². The number of nitrogens with zero attached hydrogens (tertiary/aromatic N) is 1. The summed E-state index contributed by atoms with van der Waals surface area (Å²) in [6, 6.07) is 27.2. The maximum atomic E-state index is 13.5. The topological polar surface area (TPSA) is 60.8 Å². The average Bonchev–Trinajstić information content (AvgIpc) is 2.83. The molecule has 1 unspecified atom stereocenters. The Balaban J connectivity index is 1.59. The second-order valence-corrected chi connectivity index (χ2v) is 7.92. The molecular weight excluding hydrogens is 386 g/mol. The first-order valence-corrected chi connectivity index (χ1v) is 10.4. The Hall–Kier alpha value is -3.47. The van der Waals surface area contributed by atoms with E-state index in [1.54, 1.807) is 4.90 Å². The van der Waals surface area contributed by atoms with E-state index in [0.717, 1.165) is 38.6 Å². The van der Waals surface area contributed by atoms with Crippen molar-refractivity contribution >= 4 is 16.7 Å². The van der Waals surface area contributed by atoms with Gasteiger partial charge in [0.15, 0.2) is 0 Å². The van der Waals surface area contributed by atoms with E-state index in [-0.39, 0.29) is 19.1 Å². The van der Waals surface area contributed by atoms with Gasteiger partial charge in [-0.15, -0.1) is 0 Å². The second-order valence-electron chi connectivity index (χ2n) is 7.92. The summed E-state index contributed by atoms with van der Waals surface area (Å²) in [5.74, 6) is -0.0910. The zero-order valence-corrected chi connectivity index (χ0v) is 17.0. The van der Waals surface area contributed by atoms with Crippen LogP contribution >= 0.6 is 0 Å². The Labute approximate surface area is 181 Å². The minimum atomic E-state index is -0.684. The molecule has 1 aliphatic rings. The molecule has 0 aromatic heterocycles. The van der Waals surface area contributed by atoms with Crippen molar-refractivity contribution < 1.29 is 15.0 Å². The van der Waals surface area contributed by atoms with E-state index in [9.17, 15) is 15.0 Å². The molecule has 0 saturated carbocycles. The molecule has 1 aliphatic heterocycles. The number of benzene rings is 4. The van der Waals surface area contributed by atoms with Crippen LogP contribution in [0.2, 0.25) is 0 Å². The van der Waals surface area contributed by atoms with Crippen LogP contribution in [0.15, 0.2) is 84.9 Å². The average molecular weight is 409 g/mol. The van der Waals surface area contributed by atoms with E-state index in [0.29, 0.717) is 12.1 Å². The second kappa shape index (κ2) is 7.99. The number of fused-ring (bicyclic) bond motifs is 2. The monoisotopic (exact) mass is 409 g/mol. The van der Waals surface area contributed by atoms with Crippen LogP contribution < -0.4 is 0 Å². The number of amides is 1. The summed E-state index contributed by atoms with van der Waals surface area (Å²) in [6.45, 7) is 0.713. The predicted molar refractivity (Wildman–Crippen MR) is 121 cm³/mol. The van der Waals surface area contributed by atoms with Gasteiger partial charge in [0.05, 0.1) is 19.3 Å². The summed E-state index contributed by atoms with van der Waals surface area (Å²) in [5, 5.41) is 22.2. The SMILES string of the molecule is O=C(c1ccc(-c2ccccc2CO)c2ccccc12)N1Cc2ccccc2C(O)C1. The third kappa shape index (κ3) is 3.40. The molecule has 0 fully saturated rings. The van der Waals surface area contributed by atoms with Gasteiger partial charge in [-0.1, -0.05) is 78.9 Å². The van der Waals surface area contributed by atoms with Crippen LogP contribution in [-0.4, -0.2) is 27.6 Å². The van der Waals surface area contributed by atoms with Gasteiger partial charge in [-0.2, -0.15) is 0 Å². The largest absolute Gasteiger partial charge is 0.392 e. The van der Waals surface area contributed by atoms with E-state index >= 15 is 0 Å². The standard InChI is InChI=1S/C27H23NO3/c29-17-19-8-2-3-9-20(19)24-13-14-25(23-12-6-5-11-22(23)24)27(31)28-15-18-7-1-4-10-21(18)26(30)16-28/h1-14,26,29-30H,15-17H2. The molecule has 0 spiro atoms. The molecule has 31 heavy (non-hydrogen) atoms. The number of hydrogen-bond donors (Lipinski definition) is 2. The first kappa shape index (κ1) is 19.5.